The lowest BCUT2D eigenvalue weighted by Gasteiger charge is -2.26. The van der Waals surface area contributed by atoms with Crippen LogP contribution in [0.25, 0.3) is 0 Å². The molecule has 1 aliphatic heterocycles. The van der Waals surface area contributed by atoms with Gasteiger partial charge < -0.3 is 4.74 Å². The summed E-state index contributed by atoms with van der Waals surface area (Å²) in [5.41, 5.74) is 1.97. The number of hydrogen-bond donors (Lipinski definition) is 0. The minimum Gasteiger partial charge on any atom is -0.379 e. The summed E-state index contributed by atoms with van der Waals surface area (Å²) in [5.74, 6) is 0. The molecule has 2 rings (SSSR count). The molecule has 4 nitrogen and oxygen atoms in total. The van der Waals surface area contributed by atoms with Crippen molar-refractivity contribution in [2.45, 2.75) is 6.54 Å². The zero-order valence-corrected chi connectivity index (χ0v) is 9.59. The number of nitrogens with zero attached hydrogens (tertiary/aromatic N) is 1. The van der Waals surface area contributed by atoms with Crippen LogP contribution in [0.4, 0.5) is 0 Å². The van der Waals surface area contributed by atoms with Crippen molar-refractivity contribution < 1.29 is 14.3 Å². The molecule has 0 saturated carbocycles. The van der Waals surface area contributed by atoms with Crippen LogP contribution in [-0.2, 0) is 11.3 Å². The fourth-order valence-electron chi connectivity index (χ4n) is 1.95. The van der Waals surface area contributed by atoms with E-state index >= 15 is 0 Å². The molecule has 0 spiro atoms. The molecule has 0 aromatic heterocycles. The van der Waals surface area contributed by atoms with Crippen LogP contribution >= 0.6 is 0 Å². The highest BCUT2D eigenvalue weighted by molar-refractivity contribution is 5.90. The van der Waals surface area contributed by atoms with E-state index in [2.05, 4.69) is 4.90 Å². The van der Waals surface area contributed by atoms with E-state index in [9.17, 15) is 9.59 Å². The summed E-state index contributed by atoms with van der Waals surface area (Å²) in [7, 11) is 0. The van der Waals surface area contributed by atoms with Gasteiger partial charge in [0, 0.05) is 30.8 Å². The Morgan fingerprint density at radius 2 is 1.82 bits per heavy atom. The van der Waals surface area contributed by atoms with Crippen molar-refractivity contribution in [3.05, 3.63) is 34.9 Å². The number of carbonyl (C=O) groups is 2. The molecule has 0 N–H and O–H groups in total. The zero-order valence-electron chi connectivity index (χ0n) is 9.59. The van der Waals surface area contributed by atoms with Gasteiger partial charge in [0.25, 0.3) is 0 Å². The van der Waals surface area contributed by atoms with Gasteiger partial charge in [-0.2, -0.15) is 0 Å². The second-order valence-electron chi connectivity index (χ2n) is 4.09. The zero-order chi connectivity index (χ0) is 12.1. The number of benzene rings is 1. The first-order chi connectivity index (χ1) is 8.33. The first kappa shape index (κ1) is 12.0. The quantitative estimate of drug-likeness (QED) is 0.732. The molecule has 4 heteroatoms. The predicted molar refractivity (Wildman–Crippen MR) is 63.3 cm³/mol. The number of rotatable bonds is 4. The molecule has 0 unspecified atom stereocenters. The molecule has 17 heavy (non-hydrogen) atoms. The maximum Gasteiger partial charge on any atom is 0.150 e. The topological polar surface area (TPSA) is 46.6 Å². The highest BCUT2D eigenvalue weighted by Crippen LogP contribution is 2.12. The van der Waals surface area contributed by atoms with Crippen LogP contribution in [0.2, 0.25) is 0 Å². The normalized spacial score (nSPS) is 16.7. The molecule has 0 aliphatic carbocycles. The lowest BCUT2D eigenvalue weighted by molar-refractivity contribution is 0.0342. The van der Waals surface area contributed by atoms with Crippen molar-refractivity contribution in [1.29, 1.82) is 0 Å². The molecular weight excluding hydrogens is 218 g/mol. The Bertz CT molecular complexity index is 411. The van der Waals surface area contributed by atoms with Gasteiger partial charge in [-0.1, -0.05) is 12.1 Å². The molecule has 1 saturated heterocycles. The van der Waals surface area contributed by atoms with E-state index in [0.717, 1.165) is 44.7 Å². The van der Waals surface area contributed by atoms with E-state index in [4.69, 9.17) is 4.74 Å². The first-order valence-corrected chi connectivity index (χ1v) is 5.67. The average molecular weight is 233 g/mol. The third-order valence-corrected chi connectivity index (χ3v) is 2.92. The molecule has 0 amide bonds. The highest BCUT2D eigenvalue weighted by atomic mass is 16.5. The van der Waals surface area contributed by atoms with Gasteiger partial charge in [0.1, 0.15) is 0 Å². The summed E-state index contributed by atoms with van der Waals surface area (Å²) in [4.78, 5) is 23.8. The van der Waals surface area contributed by atoms with Gasteiger partial charge in [-0.15, -0.1) is 0 Å². The van der Waals surface area contributed by atoms with Crippen molar-refractivity contribution in [3.8, 4) is 0 Å². The van der Waals surface area contributed by atoms with Crippen LogP contribution in [0.5, 0.6) is 0 Å². The number of hydrogen-bond acceptors (Lipinski definition) is 4. The minimum atomic E-state index is 0.450. The van der Waals surface area contributed by atoms with Crippen molar-refractivity contribution in [3.63, 3.8) is 0 Å². The largest absolute Gasteiger partial charge is 0.379 e. The van der Waals surface area contributed by atoms with Gasteiger partial charge in [-0.3, -0.25) is 14.5 Å². The lowest BCUT2D eigenvalue weighted by atomic mass is 10.1. The lowest BCUT2D eigenvalue weighted by Crippen LogP contribution is -2.35. The SMILES string of the molecule is O=Cc1ccc(CN2CCOCC2)cc1C=O. The molecule has 0 atom stereocenters. The van der Waals surface area contributed by atoms with Crippen molar-refractivity contribution in [2.75, 3.05) is 26.3 Å². The summed E-state index contributed by atoms with van der Waals surface area (Å²) >= 11 is 0. The van der Waals surface area contributed by atoms with E-state index in [1.807, 2.05) is 6.07 Å². The van der Waals surface area contributed by atoms with Crippen LogP contribution in [0.3, 0.4) is 0 Å². The maximum atomic E-state index is 10.8. The Balaban J connectivity index is 2.10. The molecule has 90 valence electrons. The Morgan fingerprint density at radius 3 is 2.47 bits per heavy atom. The van der Waals surface area contributed by atoms with E-state index < -0.39 is 0 Å². The van der Waals surface area contributed by atoms with Crippen LogP contribution in [0.1, 0.15) is 26.3 Å². The summed E-state index contributed by atoms with van der Waals surface area (Å²) in [6.45, 7) is 4.13. The third-order valence-electron chi connectivity index (χ3n) is 2.92. The van der Waals surface area contributed by atoms with E-state index in [1.165, 1.54) is 0 Å². The van der Waals surface area contributed by atoms with Gasteiger partial charge in [0.2, 0.25) is 0 Å². The molecule has 1 fully saturated rings. The Morgan fingerprint density at radius 1 is 1.12 bits per heavy atom. The molecule has 1 aromatic carbocycles. The minimum absolute atomic E-state index is 0.450. The summed E-state index contributed by atoms with van der Waals surface area (Å²) in [6, 6.07) is 5.38. The van der Waals surface area contributed by atoms with Crippen molar-refractivity contribution >= 4 is 12.6 Å². The van der Waals surface area contributed by atoms with E-state index in [1.54, 1.807) is 12.1 Å². The summed E-state index contributed by atoms with van der Waals surface area (Å²) in [6.07, 6.45) is 1.44. The van der Waals surface area contributed by atoms with E-state index in [0.29, 0.717) is 17.4 Å². The second-order valence-corrected chi connectivity index (χ2v) is 4.09. The van der Waals surface area contributed by atoms with Gasteiger partial charge in [-0.05, 0) is 11.6 Å². The Kier molecular flexibility index (Phi) is 4.01. The molecule has 1 aromatic rings. The predicted octanol–water partition coefficient (Wildman–Crippen LogP) is 1.14. The Hall–Kier alpha value is -1.52. The average Bonchev–Trinajstić information content (AvgIpc) is 2.40. The van der Waals surface area contributed by atoms with Crippen LogP contribution in [0.15, 0.2) is 18.2 Å². The van der Waals surface area contributed by atoms with E-state index in [-0.39, 0.29) is 0 Å². The van der Waals surface area contributed by atoms with Crippen molar-refractivity contribution in [1.82, 2.24) is 4.90 Å². The summed E-state index contributed by atoms with van der Waals surface area (Å²) < 4.78 is 5.27. The fraction of sp³-hybridized carbons (Fsp3) is 0.385. The van der Waals surface area contributed by atoms with Crippen molar-refractivity contribution in [2.24, 2.45) is 0 Å². The van der Waals surface area contributed by atoms with Gasteiger partial charge in [0.05, 0.1) is 13.2 Å². The smallest absolute Gasteiger partial charge is 0.150 e. The summed E-state index contributed by atoms with van der Waals surface area (Å²) in [5, 5.41) is 0. The monoisotopic (exact) mass is 233 g/mol. The third kappa shape index (κ3) is 2.99. The first-order valence-electron chi connectivity index (χ1n) is 5.67. The molecular formula is C13H15NO3. The molecule has 0 bridgehead atoms. The molecule has 1 heterocycles. The second kappa shape index (κ2) is 5.70. The Labute approximate surface area is 100 Å². The number of ether oxygens (including phenoxy) is 1. The maximum absolute atomic E-state index is 10.8. The molecule has 0 radical (unpaired) electrons. The standard InChI is InChI=1S/C13H15NO3/c15-9-12-2-1-11(7-13(12)10-16)8-14-3-5-17-6-4-14/h1-2,7,9-10H,3-6,8H2. The van der Waals surface area contributed by atoms with Gasteiger partial charge in [-0.25, -0.2) is 0 Å². The molecule has 1 aliphatic rings. The highest BCUT2D eigenvalue weighted by Gasteiger charge is 2.11. The number of morpholine rings is 1. The van der Waals surface area contributed by atoms with Crippen LogP contribution in [0, 0.1) is 0 Å². The number of aldehydes is 2. The van der Waals surface area contributed by atoms with Crippen LogP contribution in [-0.4, -0.2) is 43.8 Å². The van der Waals surface area contributed by atoms with Gasteiger partial charge in [0.15, 0.2) is 12.6 Å². The van der Waals surface area contributed by atoms with Gasteiger partial charge >= 0.3 is 0 Å². The fourth-order valence-corrected chi connectivity index (χ4v) is 1.95. The number of carbonyl (C=O) groups excluding carboxylic acids is 2. The van der Waals surface area contributed by atoms with Crippen LogP contribution < -0.4 is 0 Å².